The van der Waals surface area contributed by atoms with Crippen LogP contribution in [0.4, 0.5) is 0 Å². The Bertz CT molecular complexity index is 415. The molecule has 3 atom stereocenters. The maximum Gasteiger partial charge on any atom is 0.226 e. The fourth-order valence-electron chi connectivity index (χ4n) is 4.91. The Kier molecular flexibility index (Phi) is 6.72. The lowest BCUT2D eigenvalue weighted by Gasteiger charge is -2.44. The minimum absolute atomic E-state index is 0.0599. The van der Waals surface area contributed by atoms with E-state index >= 15 is 0 Å². The quantitative estimate of drug-likeness (QED) is 0.742. The Labute approximate surface area is 148 Å². The second-order valence-electron chi connectivity index (χ2n) is 8.85. The molecular formula is C20H37NO3. The molecule has 0 aromatic rings. The number of carbonyl (C=O) groups is 1. The van der Waals surface area contributed by atoms with Crippen LogP contribution in [-0.2, 0) is 14.3 Å². The number of rotatable bonds is 6. The SMILES string of the molecule is COCC1C[C@@H](C(C)C)N(C(=O)C(C(C)C)C2(C)CCOCC2)C1. The van der Waals surface area contributed by atoms with Gasteiger partial charge in [-0.25, -0.2) is 0 Å². The van der Waals surface area contributed by atoms with Crippen LogP contribution in [-0.4, -0.2) is 50.3 Å². The molecule has 2 rings (SSSR count). The van der Waals surface area contributed by atoms with Gasteiger partial charge in [-0.1, -0.05) is 34.6 Å². The van der Waals surface area contributed by atoms with Gasteiger partial charge in [0.25, 0.3) is 0 Å². The zero-order valence-electron chi connectivity index (χ0n) is 16.5. The van der Waals surface area contributed by atoms with Gasteiger partial charge in [0, 0.05) is 44.7 Å². The summed E-state index contributed by atoms with van der Waals surface area (Å²) >= 11 is 0. The van der Waals surface area contributed by atoms with Crippen LogP contribution >= 0.6 is 0 Å². The Balaban J connectivity index is 2.21. The van der Waals surface area contributed by atoms with Crippen LogP contribution in [0.2, 0.25) is 0 Å². The van der Waals surface area contributed by atoms with Crippen LogP contribution in [0.5, 0.6) is 0 Å². The first-order valence-electron chi connectivity index (χ1n) is 9.67. The van der Waals surface area contributed by atoms with Gasteiger partial charge < -0.3 is 14.4 Å². The highest BCUT2D eigenvalue weighted by molar-refractivity contribution is 5.80. The second-order valence-corrected chi connectivity index (χ2v) is 8.85. The summed E-state index contributed by atoms with van der Waals surface area (Å²) in [6, 6.07) is 0.349. The van der Waals surface area contributed by atoms with Crippen molar-refractivity contribution >= 4 is 5.91 Å². The molecule has 0 radical (unpaired) electrons. The maximum atomic E-state index is 13.6. The molecule has 2 aliphatic rings. The van der Waals surface area contributed by atoms with Crippen molar-refractivity contribution in [2.75, 3.05) is 33.5 Å². The monoisotopic (exact) mass is 339 g/mol. The van der Waals surface area contributed by atoms with Crippen molar-refractivity contribution < 1.29 is 14.3 Å². The molecule has 1 amide bonds. The molecule has 0 aliphatic carbocycles. The van der Waals surface area contributed by atoms with Crippen molar-refractivity contribution in [2.45, 2.75) is 59.9 Å². The minimum Gasteiger partial charge on any atom is -0.384 e. The third-order valence-corrected chi connectivity index (χ3v) is 6.20. The molecular weight excluding hydrogens is 302 g/mol. The molecule has 24 heavy (non-hydrogen) atoms. The molecule has 0 saturated carbocycles. The summed E-state index contributed by atoms with van der Waals surface area (Å²) in [7, 11) is 1.76. The average Bonchev–Trinajstić information content (AvgIpc) is 2.92. The highest BCUT2D eigenvalue weighted by atomic mass is 16.5. The van der Waals surface area contributed by atoms with E-state index in [9.17, 15) is 4.79 Å². The maximum absolute atomic E-state index is 13.6. The van der Waals surface area contributed by atoms with Crippen LogP contribution in [0.25, 0.3) is 0 Å². The predicted octanol–water partition coefficient (Wildman–Crippen LogP) is 3.59. The van der Waals surface area contributed by atoms with Gasteiger partial charge in [-0.2, -0.15) is 0 Å². The van der Waals surface area contributed by atoms with Gasteiger partial charge in [0.1, 0.15) is 0 Å². The van der Waals surface area contributed by atoms with Crippen molar-refractivity contribution in [2.24, 2.45) is 29.1 Å². The third kappa shape index (κ3) is 4.13. The van der Waals surface area contributed by atoms with E-state index in [0.717, 1.165) is 45.6 Å². The van der Waals surface area contributed by atoms with Gasteiger partial charge in [0.15, 0.2) is 0 Å². The number of methoxy groups -OCH3 is 1. The van der Waals surface area contributed by atoms with Gasteiger partial charge in [-0.3, -0.25) is 4.79 Å². The summed E-state index contributed by atoms with van der Waals surface area (Å²) in [5.74, 6) is 1.78. The molecule has 4 nitrogen and oxygen atoms in total. The highest BCUT2D eigenvalue weighted by Gasteiger charge is 2.47. The molecule has 0 spiro atoms. The first kappa shape index (κ1) is 19.7. The van der Waals surface area contributed by atoms with E-state index in [1.165, 1.54) is 0 Å². The molecule has 0 N–H and O–H groups in total. The van der Waals surface area contributed by atoms with Gasteiger partial charge in [-0.05, 0) is 36.5 Å². The van der Waals surface area contributed by atoms with E-state index in [1.807, 2.05) is 0 Å². The fourth-order valence-corrected chi connectivity index (χ4v) is 4.91. The number of carbonyl (C=O) groups excluding carboxylic acids is 1. The molecule has 2 aliphatic heterocycles. The summed E-state index contributed by atoms with van der Waals surface area (Å²) in [5.41, 5.74) is 0.0599. The second kappa shape index (κ2) is 8.18. The van der Waals surface area contributed by atoms with Crippen LogP contribution in [0.3, 0.4) is 0 Å². The number of ether oxygens (including phenoxy) is 2. The average molecular weight is 340 g/mol. The van der Waals surface area contributed by atoms with Crippen LogP contribution in [0.1, 0.15) is 53.9 Å². The van der Waals surface area contributed by atoms with Crippen LogP contribution < -0.4 is 0 Å². The van der Waals surface area contributed by atoms with E-state index < -0.39 is 0 Å². The summed E-state index contributed by atoms with van der Waals surface area (Å²) in [5, 5.41) is 0. The minimum atomic E-state index is 0.0599. The largest absolute Gasteiger partial charge is 0.384 e. The van der Waals surface area contributed by atoms with Gasteiger partial charge in [0.05, 0.1) is 6.61 Å². The number of hydrogen-bond acceptors (Lipinski definition) is 3. The highest BCUT2D eigenvalue weighted by Crippen LogP contribution is 2.44. The molecule has 2 heterocycles. The number of hydrogen-bond donors (Lipinski definition) is 0. The third-order valence-electron chi connectivity index (χ3n) is 6.20. The molecule has 4 heteroatoms. The normalized spacial score (nSPS) is 28.6. The Hall–Kier alpha value is -0.610. The van der Waals surface area contributed by atoms with E-state index in [4.69, 9.17) is 9.47 Å². The van der Waals surface area contributed by atoms with E-state index in [0.29, 0.717) is 29.7 Å². The number of amides is 1. The van der Waals surface area contributed by atoms with Crippen LogP contribution in [0, 0.1) is 29.1 Å². The van der Waals surface area contributed by atoms with Gasteiger partial charge in [-0.15, -0.1) is 0 Å². The Morgan fingerprint density at radius 2 is 1.88 bits per heavy atom. The Morgan fingerprint density at radius 3 is 2.38 bits per heavy atom. The summed E-state index contributed by atoms with van der Waals surface area (Å²) < 4.78 is 10.9. The van der Waals surface area contributed by atoms with Gasteiger partial charge in [0.2, 0.25) is 5.91 Å². The zero-order chi connectivity index (χ0) is 17.9. The van der Waals surface area contributed by atoms with Crippen molar-refractivity contribution in [1.29, 1.82) is 0 Å². The standard InChI is InChI=1S/C20H37NO3/c1-14(2)17-11-16(13-23-6)12-21(17)19(22)18(15(3)4)20(5)7-9-24-10-8-20/h14-18H,7-13H2,1-6H3/t16?,17-,18?/m0/s1. The lowest BCUT2D eigenvalue weighted by molar-refractivity contribution is -0.147. The van der Waals surface area contributed by atoms with Crippen molar-refractivity contribution in [1.82, 2.24) is 4.90 Å². The van der Waals surface area contributed by atoms with Gasteiger partial charge >= 0.3 is 0 Å². The first-order valence-corrected chi connectivity index (χ1v) is 9.67. The van der Waals surface area contributed by atoms with Crippen molar-refractivity contribution in [3.8, 4) is 0 Å². The molecule has 0 bridgehead atoms. The molecule has 2 fully saturated rings. The Morgan fingerprint density at radius 1 is 1.25 bits per heavy atom. The van der Waals surface area contributed by atoms with E-state index in [-0.39, 0.29) is 11.3 Å². The van der Waals surface area contributed by atoms with Crippen molar-refractivity contribution in [3.05, 3.63) is 0 Å². The lowest BCUT2D eigenvalue weighted by atomic mass is 9.66. The molecule has 140 valence electrons. The van der Waals surface area contributed by atoms with Crippen LogP contribution in [0.15, 0.2) is 0 Å². The molecule has 0 aromatic carbocycles. The molecule has 0 aromatic heterocycles. The smallest absolute Gasteiger partial charge is 0.226 e. The molecule has 2 saturated heterocycles. The topological polar surface area (TPSA) is 38.8 Å². The predicted molar refractivity (Wildman–Crippen MR) is 96.8 cm³/mol. The lowest BCUT2D eigenvalue weighted by Crippen LogP contribution is -2.50. The molecule has 2 unspecified atom stereocenters. The van der Waals surface area contributed by atoms with E-state index in [1.54, 1.807) is 7.11 Å². The van der Waals surface area contributed by atoms with E-state index in [2.05, 4.69) is 39.5 Å². The van der Waals surface area contributed by atoms with Crippen molar-refractivity contribution in [3.63, 3.8) is 0 Å². The zero-order valence-corrected chi connectivity index (χ0v) is 16.5. The number of likely N-dealkylation sites (tertiary alicyclic amines) is 1. The summed E-state index contributed by atoms with van der Waals surface area (Å²) in [4.78, 5) is 15.8. The first-order chi connectivity index (χ1) is 11.3. The fraction of sp³-hybridized carbons (Fsp3) is 0.950. The summed E-state index contributed by atoms with van der Waals surface area (Å²) in [6.07, 6.45) is 3.05. The number of nitrogens with zero attached hydrogens (tertiary/aromatic N) is 1. The summed E-state index contributed by atoms with van der Waals surface area (Å²) in [6.45, 7) is 14.4.